The molecule has 7 rings (SSSR count). The summed E-state index contributed by atoms with van der Waals surface area (Å²) in [5, 5.41) is 6.29. The lowest BCUT2D eigenvalue weighted by Crippen LogP contribution is -2.38. The molecule has 0 radical (unpaired) electrons. The first-order valence-electron chi connectivity index (χ1n) is 15.8. The molecule has 0 aliphatic carbocycles. The third-order valence-corrected chi connectivity index (χ3v) is 8.73. The topological polar surface area (TPSA) is 149 Å². The molecule has 0 saturated carbocycles. The Labute approximate surface area is 268 Å². The van der Waals surface area contributed by atoms with E-state index in [2.05, 4.69) is 24.8 Å². The Morgan fingerprint density at radius 1 is 0.870 bits per heavy atom. The summed E-state index contributed by atoms with van der Waals surface area (Å²) in [6.45, 7) is 7.70. The predicted molar refractivity (Wildman–Crippen MR) is 173 cm³/mol. The molecule has 0 atom stereocenters. The van der Waals surface area contributed by atoms with Crippen LogP contribution in [0.15, 0.2) is 60.7 Å². The summed E-state index contributed by atoms with van der Waals surface area (Å²) >= 11 is 0. The zero-order valence-electron chi connectivity index (χ0n) is 26.1. The lowest BCUT2D eigenvalue weighted by Gasteiger charge is -2.28. The summed E-state index contributed by atoms with van der Waals surface area (Å²) in [7, 11) is 0. The van der Waals surface area contributed by atoms with Crippen molar-refractivity contribution in [2.24, 2.45) is 11.7 Å². The Morgan fingerprint density at radius 2 is 1.48 bits per heavy atom. The van der Waals surface area contributed by atoms with E-state index < -0.39 is 5.91 Å². The number of benzene rings is 2. The van der Waals surface area contributed by atoms with Gasteiger partial charge in [-0.15, -0.1) is 0 Å². The van der Waals surface area contributed by atoms with E-state index in [-0.39, 0.29) is 11.8 Å². The molecule has 0 bridgehead atoms. The molecular formula is C34H40N8O4. The SMILES string of the molecule is CC(=O)N1CCn2c(-c3ccccc3)nc(C(=O)NCC3CCOCC3)c2C1.NC(=O)c1nc(-c2ccccc2)n2c1CNCC2. The number of rotatable bonds is 6. The minimum Gasteiger partial charge on any atom is -0.381 e. The summed E-state index contributed by atoms with van der Waals surface area (Å²) < 4.78 is 9.54. The smallest absolute Gasteiger partial charge is 0.271 e. The molecule has 5 heterocycles. The minimum absolute atomic E-state index is 0.0160. The Balaban J connectivity index is 0.000000178. The molecule has 3 aliphatic rings. The lowest BCUT2D eigenvalue weighted by atomic mass is 10.0. The summed E-state index contributed by atoms with van der Waals surface area (Å²) in [4.78, 5) is 47.2. The summed E-state index contributed by atoms with van der Waals surface area (Å²) in [6.07, 6.45) is 1.93. The number of carbonyl (C=O) groups excluding carboxylic acids is 3. The molecule has 0 spiro atoms. The zero-order chi connectivity index (χ0) is 32.0. The van der Waals surface area contributed by atoms with Crippen LogP contribution in [0, 0.1) is 5.92 Å². The van der Waals surface area contributed by atoms with Gasteiger partial charge in [-0.25, -0.2) is 9.97 Å². The van der Waals surface area contributed by atoms with Crippen molar-refractivity contribution in [2.45, 2.75) is 45.9 Å². The van der Waals surface area contributed by atoms with E-state index in [1.54, 1.807) is 11.8 Å². The third kappa shape index (κ3) is 6.73. The van der Waals surface area contributed by atoms with Crippen LogP contribution in [0.1, 0.15) is 52.1 Å². The van der Waals surface area contributed by atoms with Gasteiger partial charge in [0, 0.05) is 70.5 Å². The van der Waals surface area contributed by atoms with Crippen LogP contribution in [-0.4, -0.2) is 74.6 Å². The molecule has 0 unspecified atom stereocenters. The van der Waals surface area contributed by atoms with Crippen molar-refractivity contribution in [3.8, 4) is 22.8 Å². The fraction of sp³-hybridized carbons (Fsp3) is 0.382. The number of nitrogens with one attached hydrogen (secondary N) is 2. The average Bonchev–Trinajstić information content (AvgIpc) is 3.68. The molecule has 3 amide bonds. The number of aromatic nitrogens is 4. The predicted octanol–water partition coefficient (Wildman–Crippen LogP) is 2.82. The number of imidazole rings is 2. The quantitative estimate of drug-likeness (QED) is 0.299. The maximum Gasteiger partial charge on any atom is 0.271 e. The first-order valence-corrected chi connectivity index (χ1v) is 15.8. The highest BCUT2D eigenvalue weighted by molar-refractivity contribution is 5.94. The fourth-order valence-electron chi connectivity index (χ4n) is 6.21. The van der Waals surface area contributed by atoms with Gasteiger partial charge in [-0.2, -0.15) is 0 Å². The molecule has 46 heavy (non-hydrogen) atoms. The average molecular weight is 625 g/mol. The van der Waals surface area contributed by atoms with Crippen LogP contribution in [-0.2, 0) is 35.7 Å². The molecule has 4 N–H and O–H groups in total. The number of primary amides is 1. The molecule has 4 aromatic rings. The maximum atomic E-state index is 13.0. The van der Waals surface area contributed by atoms with Crippen LogP contribution < -0.4 is 16.4 Å². The van der Waals surface area contributed by atoms with Gasteiger partial charge in [-0.1, -0.05) is 60.7 Å². The molecule has 1 saturated heterocycles. The second kappa shape index (κ2) is 14.1. The number of nitrogens with zero attached hydrogens (tertiary/aromatic N) is 5. The van der Waals surface area contributed by atoms with Crippen molar-refractivity contribution in [2.75, 3.05) is 32.8 Å². The first kappa shape index (κ1) is 31.2. The van der Waals surface area contributed by atoms with E-state index >= 15 is 0 Å². The van der Waals surface area contributed by atoms with Gasteiger partial charge in [0.05, 0.1) is 17.9 Å². The molecule has 2 aromatic heterocycles. The normalized spacial score (nSPS) is 16.1. The van der Waals surface area contributed by atoms with Crippen LogP contribution in [0.2, 0.25) is 0 Å². The van der Waals surface area contributed by atoms with Crippen molar-refractivity contribution in [1.82, 2.24) is 34.6 Å². The number of carbonyl (C=O) groups is 3. The molecule has 12 heteroatoms. The van der Waals surface area contributed by atoms with Gasteiger partial charge in [-0.3, -0.25) is 14.4 Å². The fourth-order valence-corrected chi connectivity index (χ4v) is 6.21. The number of fused-ring (bicyclic) bond motifs is 2. The molecule has 2 aromatic carbocycles. The second-order valence-corrected chi connectivity index (χ2v) is 11.7. The Bertz CT molecular complexity index is 1690. The van der Waals surface area contributed by atoms with E-state index in [0.717, 1.165) is 73.3 Å². The number of hydrogen-bond donors (Lipinski definition) is 3. The highest BCUT2D eigenvalue weighted by Crippen LogP contribution is 2.27. The Hall–Kier alpha value is -4.81. The zero-order valence-corrected chi connectivity index (χ0v) is 26.1. The van der Waals surface area contributed by atoms with Gasteiger partial charge in [0.25, 0.3) is 11.8 Å². The van der Waals surface area contributed by atoms with E-state index in [9.17, 15) is 14.4 Å². The third-order valence-electron chi connectivity index (χ3n) is 8.73. The molecular weight excluding hydrogens is 584 g/mol. The van der Waals surface area contributed by atoms with Crippen molar-refractivity contribution in [3.63, 3.8) is 0 Å². The molecule has 240 valence electrons. The van der Waals surface area contributed by atoms with Crippen LogP contribution in [0.5, 0.6) is 0 Å². The maximum absolute atomic E-state index is 13.0. The highest BCUT2D eigenvalue weighted by atomic mass is 16.5. The monoisotopic (exact) mass is 624 g/mol. The van der Waals surface area contributed by atoms with Crippen LogP contribution in [0.25, 0.3) is 22.8 Å². The summed E-state index contributed by atoms with van der Waals surface area (Å²) in [5.41, 5.74) is 9.87. The van der Waals surface area contributed by atoms with Crippen molar-refractivity contribution in [1.29, 1.82) is 0 Å². The van der Waals surface area contributed by atoms with Gasteiger partial charge < -0.3 is 35.1 Å². The van der Waals surface area contributed by atoms with Crippen LogP contribution in [0.4, 0.5) is 0 Å². The van der Waals surface area contributed by atoms with E-state index in [4.69, 9.17) is 15.5 Å². The first-order chi connectivity index (χ1) is 22.4. The van der Waals surface area contributed by atoms with Crippen molar-refractivity contribution in [3.05, 3.63) is 83.4 Å². The summed E-state index contributed by atoms with van der Waals surface area (Å²) in [6, 6.07) is 19.7. The van der Waals surface area contributed by atoms with Gasteiger partial charge in [-0.05, 0) is 18.8 Å². The van der Waals surface area contributed by atoms with Crippen LogP contribution in [0.3, 0.4) is 0 Å². The van der Waals surface area contributed by atoms with Crippen molar-refractivity contribution >= 4 is 17.7 Å². The molecule has 12 nitrogen and oxygen atoms in total. The Kier molecular flexibility index (Phi) is 9.55. The van der Waals surface area contributed by atoms with Crippen molar-refractivity contribution < 1.29 is 19.1 Å². The largest absolute Gasteiger partial charge is 0.381 e. The summed E-state index contributed by atoms with van der Waals surface area (Å²) in [5.74, 6) is 1.43. The van der Waals surface area contributed by atoms with E-state index in [1.807, 2.05) is 60.7 Å². The van der Waals surface area contributed by atoms with Gasteiger partial charge >= 0.3 is 0 Å². The second-order valence-electron chi connectivity index (χ2n) is 11.7. The number of amides is 3. The molecule has 3 aliphatic heterocycles. The van der Waals surface area contributed by atoms with Crippen LogP contribution >= 0.6 is 0 Å². The minimum atomic E-state index is -0.468. The van der Waals surface area contributed by atoms with Gasteiger partial charge in [0.1, 0.15) is 11.6 Å². The van der Waals surface area contributed by atoms with Gasteiger partial charge in [0.15, 0.2) is 11.4 Å². The Morgan fingerprint density at radius 3 is 2.09 bits per heavy atom. The number of nitrogens with two attached hydrogens (primary N) is 1. The number of hydrogen-bond acceptors (Lipinski definition) is 7. The number of ether oxygens (including phenoxy) is 1. The highest BCUT2D eigenvalue weighted by Gasteiger charge is 2.29. The molecule has 1 fully saturated rings. The lowest BCUT2D eigenvalue weighted by molar-refractivity contribution is -0.130. The van der Waals surface area contributed by atoms with Gasteiger partial charge in [0.2, 0.25) is 5.91 Å². The van der Waals surface area contributed by atoms with E-state index in [0.29, 0.717) is 50.0 Å². The van der Waals surface area contributed by atoms with E-state index in [1.165, 1.54) is 0 Å². The standard InChI is InChI=1S/C21H26N4O3.C13H14N4O/c1-15(26)24-9-10-25-18(14-24)19(23-20(25)17-5-3-2-4-6-17)21(27)22-13-16-7-11-28-12-8-16;14-12(18)11-10-8-15-6-7-17(10)13(16-11)9-4-2-1-3-5-9/h2-6,16H,7-14H2,1H3,(H,22,27);1-5,15H,6-8H2,(H2,14,18).